The average Bonchev–Trinajstić information content (AvgIpc) is 2.37. The third-order valence-corrected chi connectivity index (χ3v) is 5.58. The lowest BCUT2D eigenvalue weighted by Crippen LogP contribution is -2.33. The van der Waals surface area contributed by atoms with Crippen LogP contribution in [0.3, 0.4) is 0 Å². The minimum atomic E-state index is -3.06. The zero-order valence-electron chi connectivity index (χ0n) is 12.4. The Balaban J connectivity index is 2.16. The molecule has 0 spiro atoms. The standard InChI is InChI=1S/C15H22FNO3S/c1-10(17)14-7-6-11(16)8-15(14)20-12-4-3-5-13(9-12)21(2,18)19/h6-8,10,12-13H,3-5,9,17H2,1-2H3. The van der Waals surface area contributed by atoms with E-state index in [1.165, 1.54) is 18.4 Å². The number of nitrogens with two attached hydrogens (primary N) is 1. The summed E-state index contributed by atoms with van der Waals surface area (Å²) in [4.78, 5) is 0. The van der Waals surface area contributed by atoms with E-state index in [-0.39, 0.29) is 23.2 Å². The summed E-state index contributed by atoms with van der Waals surface area (Å²) < 4.78 is 42.6. The number of rotatable bonds is 4. The van der Waals surface area contributed by atoms with Crippen LogP contribution in [0.2, 0.25) is 0 Å². The Morgan fingerprint density at radius 1 is 1.38 bits per heavy atom. The van der Waals surface area contributed by atoms with E-state index in [4.69, 9.17) is 10.5 Å². The topological polar surface area (TPSA) is 69.4 Å². The average molecular weight is 315 g/mol. The summed E-state index contributed by atoms with van der Waals surface area (Å²) in [5.74, 6) is 0.0361. The molecule has 1 aromatic rings. The fourth-order valence-corrected chi connectivity index (χ4v) is 3.92. The fraction of sp³-hybridized carbons (Fsp3) is 0.600. The molecule has 118 valence electrons. The van der Waals surface area contributed by atoms with Crippen LogP contribution in [0.4, 0.5) is 4.39 Å². The minimum absolute atomic E-state index is 0.210. The van der Waals surface area contributed by atoms with Crippen LogP contribution >= 0.6 is 0 Å². The summed E-state index contributed by atoms with van der Waals surface area (Å²) in [6.07, 6.45) is 3.75. The van der Waals surface area contributed by atoms with Gasteiger partial charge in [0.15, 0.2) is 0 Å². The highest BCUT2D eigenvalue weighted by Crippen LogP contribution is 2.31. The molecule has 0 bridgehead atoms. The van der Waals surface area contributed by atoms with Crippen molar-refractivity contribution in [2.75, 3.05) is 6.26 Å². The van der Waals surface area contributed by atoms with Gasteiger partial charge in [-0.3, -0.25) is 0 Å². The van der Waals surface area contributed by atoms with E-state index in [9.17, 15) is 12.8 Å². The van der Waals surface area contributed by atoms with Crippen molar-refractivity contribution in [3.63, 3.8) is 0 Å². The molecule has 0 aromatic heterocycles. The van der Waals surface area contributed by atoms with E-state index >= 15 is 0 Å². The molecule has 0 heterocycles. The van der Waals surface area contributed by atoms with Gasteiger partial charge in [0.05, 0.1) is 11.4 Å². The van der Waals surface area contributed by atoms with Crippen molar-refractivity contribution in [3.05, 3.63) is 29.6 Å². The molecule has 4 nitrogen and oxygen atoms in total. The number of hydrogen-bond acceptors (Lipinski definition) is 4. The summed E-state index contributed by atoms with van der Waals surface area (Å²) in [5.41, 5.74) is 6.60. The largest absolute Gasteiger partial charge is 0.490 e. The molecule has 6 heteroatoms. The van der Waals surface area contributed by atoms with Gasteiger partial charge in [0.1, 0.15) is 21.4 Å². The molecule has 0 amide bonds. The van der Waals surface area contributed by atoms with Crippen LogP contribution in [-0.4, -0.2) is 26.0 Å². The molecule has 21 heavy (non-hydrogen) atoms. The van der Waals surface area contributed by atoms with Gasteiger partial charge in [-0.2, -0.15) is 0 Å². The van der Waals surface area contributed by atoms with Crippen LogP contribution in [-0.2, 0) is 9.84 Å². The lowest BCUT2D eigenvalue weighted by molar-refractivity contribution is 0.154. The predicted molar refractivity (Wildman–Crippen MR) is 80.5 cm³/mol. The van der Waals surface area contributed by atoms with Crippen molar-refractivity contribution in [2.45, 2.75) is 50.0 Å². The van der Waals surface area contributed by atoms with Gasteiger partial charge >= 0.3 is 0 Å². The van der Waals surface area contributed by atoms with Crippen molar-refractivity contribution in [2.24, 2.45) is 5.73 Å². The van der Waals surface area contributed by atoms with Crippen molar-refractivity contribution in [1.29, 1.82) is 0 Å². The molecule has 1 aromatic carbocycles. The lowest BCUT2D eigenvalue weighted by Gasteiger charge is -2.29. The summed E-state index contributed by atoms with van der Waals surface area (Å²) in [6.45, 7) is 1.81. The molecule has 1 fully saturated rings. The Labute approximate surface area is 125 Å². The highest BCUT2D eigenvalue weighted by Gasteiger charge is 2.30. The van der Waals surface area contributed by atoms with Crippen molar-refractivity contribution in [3.8, 4) is 5.75 Å². The maximum atomic E-state index is 13.4. The first-order valence-electron chi connectivity index (χ1n) is 7.18. The second-order valence-corrected chi connectivity index (χ2v) is 8.15. The van der Waals surface area contributed by atoms with E-state index in [1.54, 1.807) is 13.0 Å². The van der Waals surface area contributed by atoms with Gasteiger partial charge in [0, 0.05) is 30.3 Å². The monoisotopic (exact) mass is 315 g/mol. The number of sulfone groups is 1. The minimum Gasteiger partial charge on any atom is -0.490 e. The van der Waals surface area contributed by atoms with Gasteiger partial charge in [-0.25, -0.2) is 12.8 Å². The zero-order chi connectivity index (χ0) is 15.6. The maximum absolute atomic E-state index is 13.4. The molecule has 1 saturated carbocycles. The van der Waals surface area contributed by atoms with Crippen molar-refractivity contribution >= 4 is 9.84 Å². The van der Waals surface area contributed by atoms with Crippen LogP contribution in [0.1, 0.15) is 44.2 Å². The Morgan fingerprint density at radius 2 is 2.10 bits per heavy atom. The maximum Gasteiger partial charge on any atom is 0.150 e. The zero-order valence-corrected chi connectivity index (χ0v) is 13.2. The molecule has 0 saturated heterocycles. The summed E-state index contributed by atoms with van der Waals surface area (Å²) in [5, 5.41) is -0.372. The van der Waals surface area contributed by atoms with Gasteiger partial charge < -0.3 is 10.5 Å². The first-order valence-corrected chi connectivity index (χ1v) is 9.13. The van der Waals surface area contributed by atoms with Gasteiger partial charge in [-0.05, 0) is 32.3 Å². The summed E-state index contributed by atoms with van der Waals surface area (Å²) in [7, 11) is -3.06. The number of hydrogen-bond donors (Lipinski definition) is 1. The summed E-state index contributed by atoms with van der Waals surface area (Å²) in [6, 6.07) is 4.02. The Hall–Kier alpha value is -1.14. The van der Waals surface area contributed by atoms with E-state index in [0.717, 1.165) is 18.4 Å². The molecule has 0 radical (unpaired) electrons. The first-order chi connectivity index (χ1) is 9.77. The lowest BCUT2D eigenvalue weighted by atomic mass is 9.97. The Bertz CT molecular complexity index is 601. The molecule has 1 aliphatic carbocycles. The second-order valence-electron chi connectivity index (χ2n) is 5.83. The van der Waals surface area contributed by atoms with Gasteiger partial charge in [0.25, 0.3) is 0 Å². The van der Waals surface area contributed by atoms with Crippen LogP contribution in [0.25, 0.3) is 0 Å². The van der Waals surface area contributed by atoms with Gasteiger partial charge in [-0.1, -0.05) is 6.07 Å². The highest BCUT2D eigenvalue weighted by molar-refractivity contribution is 7.91. The smallest absolute Gasteiger partial charge is 0.150 e. The molecule has 3 atom stereocenters. The quantitative estimate of drug-likeness (QED) is 0.927. The van der Waals surface area contributed by atoms with Crippen LogP contribution in [0.5, 0.6) is 5.75 Å². The van der Waals surface area contributed by atoms with Crippen LogP contribution in [0, 0.1) is 5.82 Å². The SMILES string of the molecule is CC(N)c1ccc(F)cc1OC1CCCC(S(C)(=O)=O)C1. The predicted octanol–water partition coefficient (Wildman–Crippen LogP) is 2.58. The van der Waals surface area contributed by atoms with Crippen molar-refractivity contribution in [1.82, 2.24) is 0 Å². The molecule has 0 aliphatic heterocycles. The first kappa shape index (κ1) is 16.2. The Morgan fingerprint density at radius 3 is 2.71 bits per heavy atom. The fourth-order valence-electron chi connectivity index (χ4n) is 2.76. The third kappa shape index (κ3) is 4.17. The van der Waals surface area contributed by atoms with Gasteiger partial charge in [-0.15, -0.1) is 0 Å². The van der Waals surface area contributed by atoms with Crippen molar-refractivity contribution < 1.29 is 17.5 Å². The molecule has 3 unspecified atom stereocenters. The van der Waals surface area contributed by atoms with E-state index in [2.05, 4.69) is 0 Å². The van der Waals surface area contributed by atoms with Crippen LogP contribution in [0.15, 0.2) is 18.2 Å². The molecule has 2 rings (SSSR count). The van der Waals surface area contributed by atoms with E-state index in [1.807, 2.05) is 0 Å². The molecular formula is C15H22FNO3S. The summed E-state index contributed by atoms with van der Waals surface area (Å²) >= 11 is 0. The van der Waals surface area contributed by atoms with Gasteiger partial charge in [0.2, 0.25) is 0 Å². The highest BCUT2D eigenvalue weighted by atomic mass is 32.2. The second kappa shape index (κ2) is 6.32. The van der Waals surface area contributed by atoms with E-state index in [0.29, 0.717) is 18.6 Å². The normalized spacial score (nSPS) is 24.6. The molecular weight excluding hydrogens is 293 g/mol. The number of halogens is 1. The molecule has 2 N–H and O–H groups in total. The molecule has 1 aliphatic rings. The van der Waals surface area contributed by atoms with Crippen LogP contribution < -0.4 is 10.5 Å². The number of benzene rings is 1. The Kier molecular flexibility index (Phi) is 4.88. The van der Waals surface area contributed by atoms with E-state index < -0.39 is 9.84 Å². The number of ether oxygens (including phenoxy) is 1. The third-order valence-electron chi connectivity index (χ3n) is 3.94.